The number of aromatic hydroxyl groups is 3. The van der Waals surface area contributed by atoms with Gasteiger partial charge in [-0.25, -0.2) is 4.79 Å². The van der Waals surface area contributed by atoms with E-state index in [-0.39, 0.29) is 36.1 Å². The lowest BCUT2D eigenvalue weighted by Gasteiger charge is -2.37. The van der Waals surface area contributed by atoms with Crippen LogP contribution in [0.5, 0.6) is 17.2 Å². The van der Waals surface area contributed by atoms with Gasteiger partial charge in [-0.15, -0.1) is 0 Å². The fourth-order valence-corrected chi connectivity index (χ4v) is 6.70. The third-order valence-corrected chi connectivity index (χ3v) is 9.27. The second-order valence-electron chi connectivity index (χ2n) is 11.5. The van der Waals surface area contributed by atoms with E-state index < -0.39 is 24.0 Å². The molecule has 1 aromatic heterocycles. The first-order valence-electron chi connectivity index (χ1n) is 15.7. The van der Waals surface area contributed by atoms with Crippen LogP contribution >= 0.6 is 31.9 Å². The molecule has 1 aliphatic heterocycles. The van der Waals surface area contributed by atoms with E-state index in [9.17, 15) is 29.7 Å². The molecule has 3 aromatic rings. The number of nitrogens with two attached hydrogens (primary N) is 1. The van der Waals surface area contributed by atoms with E-state index in [2.05, 4.69) is 57.7 Å². The van der Waals surface area contributed by atoms with E-state index in [0.717, 1.165) is 5.69 Å². The normalized spacial score (nSPS) is 14.2. The minimum Gasteiger partial charge on any atom is -0.506 e. The first-order valence-corrected chi connectivity index (χ1v) is 17.3. The van der Waals surface area contributed by atoms with E-state index >= 15 is 0 Å². The molecule has 2 heterocycles. The number of urea groups is 1. The Bertz CT molecular complexity index is 1530. The second kappa shape index (κ2) is 17.9. The van der Waals surface area contributed by atoms with Crippen molar-refractivity contribution >= 4 is 55.4 Å². The van der Waals surface area contributed by atoms with E-state index in [0.29, 0.717) is 78.5 Å². The van der Waals surface area contributed by atoms with Gasteiger partial charge < -0.3 is 46.8 Å². The molecule has 4 rings (SSSR count). The number of anilines is 1. The van der Waals surface area contributed by atoms with Gasteiger partial charge in [-0.3, -0.25) is 14.6 Å². The van der Waals surface area contributed by atoms with Crippen molar-refractivity contribution in [1.82, 2.24) is 25.8 Å². The number of pyridine rings is 1. The first kappa shape index (κ1) is 36.8. The highest BCUT2D eigenvalue weighted by Gasteiger charge is 2.31. The summed E-state index contributed by atoms with van der Waals surface area (Å²) in [4.78, 5) is 48.7. The molecule has 8 N–H and O–H groups in total. The summed E-state index contributed by atoms with van der Waals surface area (Å²) in [6, 6.07) is 9.09. The molecule has 258 valence electrons. The standard InChI is InChI=1S/C33H41Br2N7O6/c34-24-17-22(18-25(35)30(24)45)19-27(40-33(48)38-12-6-21-4-5-28(43)29(44)20-21)31(46)39-26(3-1-2-9-36)32(47)42-15-13-41(14-16-42)23-7-10-37-11-8-23/h4-5,7-8,10-11,17-18,20,26-27,43-45H,1-3,6,9,12-16,19,36H2,(H,39,46)(H2,38,40,48)/t26-,27-/m0/s1. The number of amides is 4. The zero-order valence-electron chi connectivity index (χ0n) is 26.4. The molecule has 48 heavy (non-hydrogen) atoms. The summed E-state index contributed by atoms with van der Waals surface area (Å²) in [6.07, 6.45) is 5.61. The Morgan fingerprint density at radius 1 is 0.854 bits per heavy atom. The van der Waals surface area contributed by atoms with Crippen LogP contribution in [0.4, 0.5) is 10.5 Å². The van der Waals surface area contributed by atoms with Crippen molar-refractivity contribution in [3.63, 3.8) is 0 Å². The Hall–Kier alpha value is -4.08. The molecule has 0 bridgehead atoms. The van der Waals surface area contributed by atoms with Crippen molar-refractivity contribution in [2.45, 2.75) is 44.2 Å². The molecule has 15 heteroatoms. The maximum absolute atomic E-state index is 13.9. The Labute approximate surface area is 296 Å². The average molecular weight is 792 g/mol. The number of phenols is 3. The van der Waals surface area contributed by atoms with Gasteiger partial charge in [-0.1, -0.05) is 6.07 Å². The van der Waals surface area contributed by atoms with Crippen molar-refractivity contribution in [3.05, 3.63) is 74.9 Å². The van der Waals surface area contributed by atoms with Gasteiger partial charge in [0, 0.05) is 57.2 Å². The van der Waals surface area contributed by atoms with Gasteiger partial charge >= 0.3 is 6.03 Å². The second-order valence-corrected chi connectivity index (χ2v) is 13.2. The lowest BCUT2D eigenvalue weighted by Crippen LogP contribution is -2.58. The van der Waals surface area contributed by atoms with Crippen LogP contribution < -0.4 is 26.6 Å². The minimum atomic E-state index is -1.07. The van der Waals surface area contributed by atoms with Crippen molar-refractivity contribution in [1.29, 1.82) is 0 Å². The van der Waals surface area contributed by atoms with E-state index in [1.165, 1.54) is 12.1 Å². The monoisotopic (exact) mass is 789 g/mol. The first-order chi connectivity index (χ1) is 23.0. The molecule has 1 fully saturated rings. The number of phenolic OH excluding ortho intramolecular Hbond substituents is 3. The van der Waals surface area contributed by atoms with Gasteiger partial charge in [0.25, 0.3) is 0 Å². The largest absolute Gasteiger partial charge is 0.506 e. The Kier molecular flexibility index (Phi) is 13.7. The van der Waals surface area contributed by atoms with Crippen LogP contribution in [0, 0.1) is 0 Å². The van der Waals surface area contributed by atoms with E-state index in [4.69, 9.17) is 5.73 Å². The molecule has 0 spiro atoms. The van der Waals surface area contributed by atoms with Gasteiger partial charge in [0.2, 0.25) is 11.8 Å². The Morgan fingerprint density at radius 3 is 2.19 bits per heavy atom. The number of unbranched alkanes of at least 4 members (excludes halogenated alkanes) is 1. The summed E-state index contributed by atoms with van der Waals surface area (Å²) in [6.45, 7) is 2.90. The highest BCUT2D eigenvalue weighted by Crippen LogP contribution is 2.33. The smallest absolute Gasteiger partial charge is 0.315 e. The zero-order valence-corrected chi connectivity index (χ0v) is 29.5. The fourth-order valence-electron chi connectivity index (χ4n) is 5.42. The molecule has 0 saturated carbocycles. The molecule has 0 aliphatic carbocycles. The summed E-state index contributed by atoms with van der Waals surface area (Å²) in [5.41, 5.74) is 8.09. The SMILES string of the molecule is NCCCC[C@H](NC(=O)[C@H](Cc1cc(Br)c(O)c(Br)c1)NC(=O)NCCc1ccc(O)c(O)c1)C(=O)N1CCN(c2ccncc2)CC1. The Morgan fingerprint density at radius 2 is 1.54 bits per heavy atom. The molecule has 2 atom stereocenters. The number of hydrogen-bond acceptors (Lipinski definition) is 9. The maximum atomic E-state index is 13.9. The van der Waals surface area contributed by atoms with Gasteiger partial charge in [0.1, 0.15) is 17.8 Å². The number of carbonyl (C=O) groups excluding carboxylic acids is 3. The van der Waals surface area contributed by atoms with Crippen LogP contribution in [0.2, 0.25) is 0 Å². The predicted octanol–water partition coefficient (Wildman–Crippen LogP) is 3.14. The topological polar surface area (TPSA) is 193 Å². The van der Waals surface area contributed by atoms with Gasteiger partial charge in [0.05, 0.1) is 8.95 Å². The van der Waals surface area contributed by atoms with Gasteiger partial charge in [-0.2, -0.15) is 0 Å². The number of rotatable bonds is 14. The molecule has 4 amide bonds. The third kappa shape index (κ3) is 10.5. The molecular weight excluding hydrogens is 750 g/mol. The third-order valence-electron chi connectivity index (χ3n) is 8.06. The summed E-state index contributed by atoms with van der Waals surface area (Å²) >= 11 is 6.64. The minimum absolute atomic E-state index is 0.000291. The van der Waals surface area contributed by atoms with Crippen molar-refractivity contribution in [2.75, 3.05) is 44.2 Å². The van der Waals surface area contributed by atoms with E-state index in [1.807, 2.05) is 12.1 Å². The number of nitrogens with zero attached hydrogens (tertiary/aromatic N) is 3. The van der Waals surface area contributed by atoms with Crippen LogP contribution in [0.25, 0.3) is 0 Å². The average Bonchev–Trinajstić information content (AvgIpc) is 3.08. The number of nitrogens with one attached hydrogen (secondary N) is 3. The van der Waals surface area contributed by atoms with Gasteiger partial charge in [0.15, 0.2) is 11.5 Å². The number of benzene rings is 2. The summed E-state index contributed by atoms with van der Waals surface area (Å²) in [5.74, 6) is -1.22. The highest BCUT2D eigenvalue weighted by molar-refractivity contribution is 9.11. The molecule has 13 nitrogen and oxygen atoms in total. The number of piperazine rings is 1. The molecular formula is C33H41Br2N7O6. The molecule has 2 aromatic carbocycles. The molecule has 0 unspecified atom stereocenters. The maximum Gasteiger partial charge on any atom is 0.315 e. The van der Waals surface area contributed by atoms with Crippen LogP contribution in [0.3, 0.4) is 0 Å². The quantitative estimate of drug-likeness (QED) is 0.0950. The molecule has 1 saturated heterocycles. The number of aromatic nitrogens is 1. The number of carbonyl (C=O) groups is 3. The number of hydrogen-bond donors (Lipinski definition) is 7. The molecule has 1 aliphatic rings. The van der Waals surface area contributed by atoms with Crippen LogP contribution in [-0.2, 0) is 22.4 Å². The van der Waals surface area contributed by atoms with Crippen LogP contribution in [-0.4, -0.2) is 94.4 Å². The highest BCUT2D eigenvalue weighted by atomic mass is 79.9. The summed E-state index contributed by atoms with van der Waals surface area (Å²) in [7, 11) is 0. The lowest BCUT2D eigenvalue weighted by atomic mass is 10.0. The van der Waals surface area contributed by atoms with Crippen LogP contribution in [0.15, 0.2) is 63.8 Å². The summed E-state index contributed by atoms with van der Waals surface area (Å²) in [5, 5.41) is 37.9. The molecule has 0 radical (unpaired) electrons. The van der Waals surface area contributed by atoms with Gasteiger partial charge in [-0.05, 0) is 112 Å². The zero-order chi connectivity index (χ0) is 34.6. The lowest BCUT2D eigenvalue weighted by molar-refractivity contribution is -0.137. The number of halogens is 2. The Balaban J connectivity index is 1.45. The predicted molar refractivity (Wildman–Crippen MR) is 189 cm³/mol. The van der Waals surface area contributed by atoms with E-state index in [1.54, 1.807) is 35.5 Å². The summed E-state index contributed by atoms with van der Waals surface area (Å²) < 4.78 is 0.821. The van der Waals surface area contributed by atoms with Crippen LogP contribution in [0.1, 0.15) is 30.4 Å². The van der Waals surface area contributed by atoms with Crippen molar-refractivity contribution in [3.8, 4) is 17.2 Å². The fraction of sp³-hybridized carbons (Fsp3) is 0.394. The van der Waals surface area contributed by atoms with Crippen molar-refractivity contribution in [2.24, 2.45) is 5.73 Å². The van der Waals surface area contributed by atoms with Crippen molar-refractivity contribution < 1.29 is 29.7 Å².